The number of nitrogens with zero attached hydrogens (tertiary/aromatic N) is 2. The molecule has 6 nitrogen and oxygen atoms in total. The molecule has 0 unspecified atom stereocenters. The molecular weight excluding hydrogens is 316 g/mol. The van der Waals surface area contributed by atoms with Crippen LogP contribution in [0.3, 0.4) is 0 Å². The number of carbonyl (C=O) groups is 1. The zero-order chi connectivity index (χ0) is 17.3. The third-order valence-corrected chi connectivity index (χ3v) is 4.33. The van der Waals surface area contributed by atoms with Crippen LogP contribution < -0.4 is 10.6 Å². The second kappa shape index (κ2) is 9.22. The molecule has 1 aliphatic heterocycles. The first-order chi connectivity index (χ1) is 12.3. The number of aryl methyl sites for hydroxylation is 1. The molecule has 0 saturated carbocycles. The third kappa shape index (κ3) is 5.90. The van der Waals surface area contributed by atoms with E-state index in [1.165, 1.54) is 12.0 Å². The van der Waals surface area contributed by atoms with Crippen molar-refractivity contribution >= 4 is 11.7 Å². The van der Waals surface area contributed by atoms with Gasteiger partial charge in [0, 0.05) is 19.3 Å². The molecule has 2 N–H and O–H groups in total. The van der Waals surface area contributed by atoms with Crippen molar-refractivity contribution in [2.24, 2.45) is 0 Å². The zero-order valence-electron chi connectivity index (χ0n) is 14.5. The predicted octanol–water partition coefficient (Wildman–Crippen LogP) is 3.21. The van der Waals surface area contributed by atoms with E-state index < -0.39 is 0 Å². The van der Waals surface area contributed by atoms with Crippen LogP contribution in [0.2, 0.25) is 0 Å². The lowest BCUT2D eigenvalue weighted by molar-refractivity contribution is 0.00401. The molecule has 1 fully saturated rings. The van der Waals surface area contributed by atoms with Gasteiger partial charge in [-0.15, -0.1) is 0 Å². The number of amides is 2. The molecule has 1 saturated heterocycles. The van der Waals surface area contributed by atoms with Crippen molar-refractivity contribution in [2.45, 2.75) is 44.8 Å². The average Bonchev–Trinajstić information content (AvgIpc) is 3.07. The first kappa shape index (κ1) is 17.5. The van der Waals surface area contributed by atoms with Crippen molar-refractivity contribution in [1.29, 1.82) is 0 Å². The van der Waals surface area contributed by atoms with Gasteiger partial charge in [-0.25, -0.2) is 4.79 Å². The predicted molar refractivity (Wildman–Crippen MR) is 97.6 cm³/mol. The van der Waals surface area contributed by atoms with E-state index >= 15 is 0 Å². The van der Waals surface area contributed by atoms with E-state index in [9.17, 15) is 4.79 Å². The fraction of sp³-hybridized carbons (Fsp3) is 0.474. The molecule has 1 aromatic heterocycles. The van der Waals surface area contributed by atoms with Gasteiger partial charge in [-0.3, -0.25) is 4.68 Å². The van der Waals surface area contributed by atoms with Crippen LogP contribution in [0.5, 0.6) is 0 Å². The molecule has 1 atom stereocenters. The van der Waals surface area contributed by atoms with Gasteiger partial charge in [0.05, 0.1) is 24.5 Å². The molecule has 134 valence electrons. The van der Waals surface area contributed by atoms with Gasteiger partial charge in [-0.05, 0) is 37.7 Å². The van der Waals surface area contributed by atoms with Gasteiger partial charge in [0.25, 0.3) is 0 Å². The molecule has 0 bridgehead atoms. The van der Waals surface area contributed by atoms with Gasteiger partial charge in [0.15, 0.2) is 0 Å². The minimum Gasteiger partial charge on any atom is -0.376 e. The normalized spacial score (nSPS) is 17.2. The quantitative estimate of drug-likeness (QED) is 0.759. The molecule has 1 aromatic carbocycles. The number of hydrogen-bond donors (Lipinski definition) is 2. The second-order valence-corrected chi connectivity index (χ2v) is 6.41. The Balaban J connectivity index is 1.35. The first-order valence-electron chi connectivity index (χ1n) is 9.02. The van der Waals surface area contributed by atoms with E-state index in [-0.39, 0.29) is 12.1 Å². The van der Waals surface area contributed by atoms with Crippen molar-refractivity contribution < 1.29 is 9.53 Å². The minimum atomic E-state index is -0.193. The summed E-state index contributed by atoms with van der Waals surface area (Å²) >= 11 is 0. The largest absolute Gasteiger partial charge is 0.376 e. The standard InChI is InChI=1S/C19H26N4O2/c24-19(20-11-6-9-16-7-2-1-3-8-16)22-17-13-21-23(14-17)15-18-10-4-5-12-25-18/h1-3,7-8,13-14,18H,4-6,9-12,15H2,(H2,20,22,24)/t18-/m0/s1. The van der Waals surface area contributed by atoms with Gasteiger partial charge in [-0.2, -0.15) is 5.10 Å². The summed E-state index contributed by atoms with van der Waals surface area (Å²) in [4.78, 5) is 11.9. The maximum Gasteiger partial charge on any atom is 0.319 e. The Kier molecular flexibility index (Phi) is 6.45. The molecule has 1 aliphatic rings. The van der Waals surface area contributed by atoms with Crippen LogP contribution in [0, 0.1) is 0 Å². The van der Waals surface area contributed by atoms with Gasteiger partial charge in [-0.1, -0.05) is 30.3 Å². The van der Waals surface area contributed by atoms with Gasteiger partial charge in [0.2, 0.25) is 0 Å². The second-order valence-electron chi connectivity index (χ2n) is 6.41. The Morgan fingerprint density at radius 1 is 1.28 bits per heavy atom. The Morgan fingerprint density at radius 3 is 2.96 bits per heavy atom. The molecule has 6 heteroatoms. The van der Waals surface area contributed by atoms with Crippen LogP contribution in [0.25, 0.3) is 0 Å². The van der Waals surface area contributed by atoms with E-state index in [2.05, 4.69) is 27.9 Å². The third-order valence-electron chi connectivity index (χ3n) is 4.33. The Hall–Kier alpha value is -2.34. The van der Waals surface area contributed by atoms with Crippen molar-refractivity contribution in [1.82, 2.24) is 15.1 Å². The Bertz CT molecular complexity index is 650. The number of benzene rings is 1. The highest BCUT2D eigenvalue weighted by Gasteiger charge is 2.15. The van der Waals surface area contributed by atoms with Crippen molar-refractivity contribution in [3.63, 3.8) is 0 Å². The molecule has 0 spiro atoms. The number of urea groups is 1. The lowest BCUT2D eigenvalue weighted by Crippen LogP contribution is -2.29. The van der Waals surface area contributed by atoms with E-state index in [4.69, 9.17) is 4.74 Å². The van der Waals surface area contributed by atoms with Crippen molar-refractivity contribution in [2.75, 3.05) is 18.5 Å². The molecule has 3 rings (SSSR count). The lowest BCUT2D eigenvalue weighted by atomic mass is 10.1. The number of hydrogen-bond acceptors (Lipinski definition) is 3. The molecule has 2 amide bonds. The fourth-order valence-electron chi connectivity index (χ4n) is 3.00. The SMILES string of the molecule is O=C(NCCCc1ccccc1)Nc1cnn(C[C@@H]2CCCCO2)c1. The van der Waals surface area contributed by atoms with Crippen LogP contribution in [-0.4, -0.2) is 35.1 Å². The van der Waals surface area contributed by atoms with E-state index in [1.807, 2.05) is 29.1 Å². The maximum atomic E-state index is 11.9. The van der Waals surface area contributed by atoms with Crippen LogP contribution >= 0.6 is 0 Å². The van der Waals surface area contributed by atoms with Crippen LogP contribution in [0.1, 0.15) is 31.2 Å². The van der Waals surface area contributed by atoms with Gasteiger partial charge >= 0.3 is 6.03 Å². The Labute approximate surface area is 148 Å². The highest BCUT2D eigenvalue weighted by atomic mass is 16.5. The number of nitrogens with one attached hydrogen (secondary N) is 2. The highest BCUT2D eigenvalue weighted by molar-refractivity contribution is 5.88. The number of ether oxygens (including phenoxy) is 1. The fourth-order valence-corrected chi connectivity index (χ4v) is 3.00. The topological polar surface area (TPSA) is 68.2 Å². The number of aromatic nitrogens is 2. The van der Waals surface area contributed by atoms with E-state index in [1.54, 1.807) is 6.20 Å². The summed E-state index contributed by atoms with van der Waals surface area (Å²) in [6, 6.07) is 10.1. The molecule has 0 aliphatic carbocycles. The lowest BCUT2D eigenvalue weighted by Gasteiger charge is -2.22. The highest BCUT2D eigenvalue weighted by Crippen LogP contribution is 2.15. The summed E-state index contributed by atoms with van der Waals surface area (Å²) in [6.07, 6.45) is 9.05. The monoisotopic (exact) mass is 342 g/mol. The van der Waals surface area contributed by atoms with Crippen LogP contribution in [-0.2, 0) is 17.7 Å². The summed E-state index contributed by atoms with van der Waals surface area (Å²) in [6.45, 7) is 2.22. The van der Waals surface area contributed by atoms with E-state index in [0.29, 0.717) is 12.2 Å². The van der Waals surface area contributed by atoms with E-state index in [0.717, 1.165) is 38.8 Å². The van der Waals surface area contributed by atoms with Crippen LogP contribution in [0.4, 0.5) is 10.5 Å². The maximum absolute atomic E-state index is 11.9. The first-order valence-corrected chi connectivity index (χ1v) is 9.02. The van der Waals surface area contributed by atoms with Crippen molar-refractivity contribution in [3.05, 3.63) is 48.3 Å². The molecule has 2 heterocycles. The minimum absolute atomic E-state index is 0.193. The summed E-state index contributed by atoms with van der Waals surface area (Å²) in [5.41, 5.74) is 1.99. The zero-order valence-corrected chi connectivity index (χ0v) is 14.5. The number of anilines is 1. The summed E-state index contributed by atoms with van der Waals surface area (Å²) in [5, 5.41) is 10.00. The smallest absolute Gasteiger partial charge is 0.319 e. The molecular formula is C19H26N4O2. The summed E-state index contributed by atoms with van der Waals surface area (Å²) < 4.78 is 7.55. The molecule has 2 aromatic rings. The average molecular weight is 342 g/mol. The summed E-state index contributed by atoms with van der Waals surface area (Å²) in [7, 11) is 0. The van der Waals surface area contributed by atoms with Crippen LogP contribution in [0.15, 0.2) is 42.7 Å². The van der Waals surface area contributed by atoms with Gasteiger partial charge in [0.1, 0.15) is 0 Å². The summed E-state index contributed by atoms with van der Waals surface area (Å²) in [5.74, 6) is 0. The number of rotatable bonds is 7. The number of carbonyl (C=O) groups excluding carboxylic acids is 1. The Morgan fingerprint density at radius 2 is 2.16 bits per heavy atom. The van der Waals surface area contributed by atoms with Crippen molar-refractivity contribution in [3.8, 4) is 0 Å². The van der Waals surface area contributed by atoms with Gasteiger partial charge < -0.3 is 15.4 Å². The molecule has 0 radical (unpaired) electrons. The molecule has 25 heavy (non-hydrogen) atoms.